The average Bonchev–Trinajstić information content (AvgIpc) is 2.88. The molecule has 0 aliphatic heterocycles. The van der Waals surface area contributed by atoms with E-state index in [1.54, 1.807) is 12.1 Å². The summed E-state index contributed by atoms with van der Waals surface area (Å²) in [5.41, 5.74) is 0.220. The van der Waals surface area contributed by atoms with Crippen LogP contribution in [-0.4, -0.2) is 14.3 Å². The summed E-state index contributed by atoms with van der Waals surface area (Å²) in [6, 6.07) is 8.96. The van der Waals surface area contributed by atoms with Gasteiger partial charge in [-0.2, -0.15) is 0 Å². The van der Waals surface area contributed by atoms with E-state index in [2.05, 4.69) is 5.32 Å². The van der Waals surface area contributed by atoms with Crippen LogP contribution >= 0.6 is 0 Å². The predicted molar refractivity (Wildman–Crippen MR) is 67.7 cm³/mol. The van der Waals surface area contributed by atoms with Crippen molar-refractivity contribution in [3.05, 3.63) is 54.0 Å². The maximum atomic E-state index is 11.8. The maximum Gasteiger partial charge on any atom is 0.251 e. The summed E-state index contributed by atoms with van der Waals surface area (Å²) in [5, 5.41) is 7.61. The van der Waals surface area contributed by atoms with Crippen LogP contribution in [0.15, 0.2) is 52.0 Å². The molecule has 0 saturated heterocycles. The molecule has 0 atom stereocenters. The van der Waals surface area contributed by atoms with Crippen LogP contribution in [0, 0.1) is 0 Å². The summed E-state index contributed by atoms with van der Waals surface area (Å²) in [7, 11) is -3.82. The van der Waals surface area contributed by atoms with Crippen molar-refractivity contribution < 1.29 is 17.6 Å². The molecule has 0 aliphatic rings. The number of rotatable bonds is 4. The van der Waals surface area contributed by atoms with Gasteiger partial charge >= 0.3 is 0 Å². The summed E-state index contributed by atoms with van der Waals surface area (Å²) >= 11 is 0. The van der Waals surface area contributed by atoms with Crippen LogP contribution in [0.1, 0.15) is 16.1 Å². The smallest absolute Gasteiger partial charge is 0.251 e. The zero-order valence-electron chi connectivity index (χ0n) is 9.87. The first-order valence-corrected chi connectivity index (χ1v) is 6.95. The fraction of sp³-hybridized carbons (Fsp3) is 0.0833. The molecule has 7 heteroatoms. The lowest BCUT2D eigenvalue weighted by Gasteiger charge is -2.05. The van der Waals surface area contributed by atoms with Crippen LogP contribution in [-0.2, 0) is 16.6 Å². The van der Waals surface area contributed by atoms with Crippen LogP contribution in [0.3, 0.4) is 0 Å². The first-order chi connectivity index (χ1) is 8.97. The molecule has 1 aromatic carbocycles. The molecule has 0 spiro atoms. The summed E-state index contributed by atoms with van der Waals surface area (Å²) in [5.74, 6) is 0.206. The van der Waals surface area contributed by atoms with E-state index in [4.69, 9.17) is 9.56 Å². The van der Waals surface area contributed by atoms with Crippen molar-refractivity contribution in [1.29, 1.82) is 0 Å². The van der Waals surface area contributed by atoms with Gasteiger partial charge in [0.15, 0.2) is 0 Å². The molecule has 3 N–H and O–H groups in total. The zero-order valence-corrected chi connectivity index (χ0v) is 10.7. The van der Waals surface area contributed by atoms with Crippen molar-refractivity contribution in [3.63, 3.8) is 0 Å². The van der Waals surface area contributed by atoms with Crippen molar-refractivity contribution in [1.82, 2.24) is 5.32 Å². The van der Waals surface area contributed by atoms with Gasteiger partial charge in [0.25, 0.3) is 5.91 Å². The monoisotopic (exact) mass is 280 g/mol. The number of furan rings is 1. The molecule has 0 bridgehead atoms. The first-order valence-electron chi connectivity index (χ1n) is 5.40. The highest BCUT2D eigenvalue weighted by atomic mass is 32.2. The lowest BCUT2D eigenvalue weighted by molar-refractivity contribution is 0.0948. The van der Waals surface area contributed by atoms with E-state index >= 15 is 0 Å². The van der Waals surface area contributed by atoms with Crippen molar-refractivity contribution >= 4 is 15.9 Å². The number of nitrogens with two attached hydrogens (primary N) is 1. The van der Waals surface area contributed by atoms with Gasteiger partial charge in [0.1, 0.15) is 5.76 Å². The number of sulfonamides is 1. The van der Waals surface area contributed by atoms with Crippen LogP contribution in [0.4, 0.5) is 0 Å². The van der Waals surface area contributed by atoms with Crippen molar-refractivity contribution in [2.24, 2.45) is 5.14 Å². The fourth-order valence-electron chi connectivity index (χ4n) is 1.50. The number of hydrogen-bond acceptors (Lipinski definition) is 4. The van der Waals surface area contributed by atoms with Crippen LogP contribution in [0.2, 0.25) is 0 Å². The quantitative estimate of drug-likeness (QED) is 0.866. The Balaban J connectivity index is 2.11. The molecule has 1 heterocycles. The summed E-state index contributed by atoms with van der Waals surface area (Å²) < 4.78 is 27.4. The largest absolute Gasteiger partial charge is 0.467 e. The molecular weight excluding hydrogens is 268 g/mol. The van der Waals surface area contributed by atoms with Crippen molar-refractivity contribution in [2.45, 2.75) is 11.4 Å². The normalized spacial score (nSPS) is 11.2. The molecule has 19 heavy (non-hydrogen) atoms. The van der Waals surface area contributed by atoms with E-state index < -0.39 is 15.9 Å². The van der Waals surface area contributed by atoms with Crippen LogP contribution in [0.25, 0.3) is 0 Å². The molecule has 1 aromatic heterocycles. The van der Waals surface area contributed by atoms with E-state index in [-0.39, 0.29) is 17.0 Å². The third-order valence-electron chi connectivity index (χ3n) is 2.43. The van der Waals surface area contributed by atoms with Gasteiger partial charge < -0.3 is 9.73 Å². The number of nitrogens with one attached hydrogen (secondary N) is 1. The molecule has 0 unspecified atom stereocenters. The summed E-state index contributed by atoms with van der Waals surface area (Å²) in [4.78, 5) is 11.7. The van der Waals surface area contributed by atoms with E-state index in [1.807, 2.05) is 0 Å². The molecule has 0 radical (unpaired) electrons. The minimum Gasteiger partial charge on any atom is -0.467 e. The predicted octanol–water partition coefficient (Wildman–Crippen LogP) is 0.857. The third kappa shape index (κ3) is 3.43. The highest BCUT2D eigenvalue weighted by Crippen LogP contribution is 2.10. The highest BCUT2D eigenvalue weighted by Gasteiger charge is 2.12. The second-order valence-corrected chi connectivity index (χ2v) is 5.40. The number of hydrogen-bond donors (Lipinski definition) is 2. The molecule has 2 aromatic rings. The molecule has 0 saturated carbocycles. The SMILES string of the molecule is NS(=O)(=O)c1cccc(C(=O)NCc2ccco2)c1. The number of carbonyl (C=O) groups excluding carboxylic acids is 1. The maximum absolute atomic E-state index is 11.8. The van der Waals surface area contributed by atoms with E-state index in [0.717, 1.165) is 0 Å². The van der Waals surface area contributed by atoms with E-state index in [9.17, 15) is 13.2 Å². The Morgan fingerprint density at radius 1 is 1.26 bits per heavy atom. The first kappa shape index (κ1) is 13.3. The van der Waals surface area contributed by atoms with Gasteiger partial charge in [0, 0.05) is 5.56 Å². The van der Waals surface area contributed by atoms with Gasteiger partial charge in [-0.1, -0.05) is 6.07 Å². The standard InChI is InChI=1S/C12H12N2O4S/c13-19(16,17)11-5-1-3-9(7-11)12(15)14-8-10-4-2-6-18-10/h1-7H,8H2,(H,14,15)(H2,13,16,17). The van der Waals surface area contributed by atoms with Gasteiger partial charge in [-0.15, -0.1) is 0 Å². The van der Waals surface area contributed by atoms with Gasteiger partial charge in [0.2, 0.25) is 10.0 Å². The minimum atomic E-state index is -3.82. The molecule has 6 nitrogen and oxygen atoms in total. The van der Waals surface area contributed by atoms with Gasteiger partial charge in [0.05, 0.1) is 17.7 Å². The molecule has 100 valence electrons. The zero-order chi connectivity index (χ0) is 13.9. The molecule has 1 amide bonds. The Morgan fingerprint density at radius 2 is 2.05 bits per heavy atom. The van der Waals surface area contributed by atoms with E-state index in [1.165, 1.54) is 30.5 Å². The highest BCUT2D eigenvalue weighted by molar-refractivity contribution is 7.89. The Bertz CT molecular complexity index is 678. The van der Waals surface area contributed by atoms with E-state index in [0.29, 0.717) is 5.76 Å². The summed E-state index contributed by atoms with van der Waals surface area (Å²) in [6.07, 6.45) is 1.50. The molecule has 0 fully saturated rings. The molecular formula is C12H12N2O4S. The Labute approximate surface area is 110 Å². The van der Waals surface area contributed by atoms with Crippen LogP contribution in [0.5, 0.6) is 0 Å². The number of primary sulfonamides is 1. The number of amides is 1. The minimum absolute atomic E-state index is 0.0989. The number of benzene rings is 1. The van der Waals surface area contributed by atoms with Crippen molar-refractivity contribution in [2.75, 3.05) is 0 Å². The second-order valence-electron chi connectivity index (χ2n) is 3.83. The fourth-order valence-corrected chi connectivity index (χ4v) is 2.06. The number of carbonyl (C=O) groups is 1. The Kier molecular flexibility index (Phi) is 3.68. The lowest BCUT2D eigenvalue weighted by Crippen LogP contribution is -2.23. The molecule has 0 aliphatic carbocycles. The van der Waals surface area contributed by atoms with Crippen molar-refractivity contribution in [3.8, 4) is 0 Å². The molecule has 2 rings (SSSR count). The lowest BCUT2D eigenvalue weighted by atomic mass is 10.2. The third-order valence-corrected chi connectivity index (χ3v) is 3.34. The average molecular weight is 280 g/mol. The Morgan fingerprint density at radius 3 is 2.68 bits per heavy atom. The Hall–Kier alpha value is -2.12. The van der Waals surface area contributed by atoms with Gasteiger partial charge in [-0.3, -0.25) is 4.79 Å². The topological polar surface area (TPSA) is 102 Å². The van der Waals surface area contributed by atoms with Crippen LogP contribution < -0.4 is 10.5 Å². The second kappa shape index (κ2) is 5.25. The summed E-state index contributed by atoms with van der Waals surface area (Å²) in [6.45, 7) is 0.228. The van der Waals surface area contributed by atoms with Gasteiger partial charge in [-0.05, 0) is 30.3 Å². The van der Waals surface area contributed by atoms with Gasteiger partial charge in [-0.25, -0.2) is 13.6 Å².